The lowest BCUT2D eigenvalue weighted by Gasteiger charge is -2.32. The highest BCUT2D eigenvalue weighted by Gasteiger charge is 2.44. The fraction of sp³-hybridized carbons (Fsp3) is 0.867. The maximum absolute atomic E-state index is 12.4. The van der Waals surface area contributed by atoms with Crippen LogP contribution in [-0.2, 0) is 9.59 Å². The van der Waals surface area contributed by atoms with Crippen LogP contribution >= 0.6 is 0 Å². The standard InChI is InChI=1S/C15H27NO3/c1-11(2)10-16(12(3)4)13(17)9-15(14(18)19)7-5-6-8-15/h11-12H,5-10H2,1-4H3,(H,18,19). The molecule has 19 heavy (non-hydrogen) atoms. The number of carboxylic acid groups (broad SMARTS) is 1. The molecule has 110 valence electrons. The van der Waals surface area contributed by atoms with E-state index in [9.17, 15) is 14.7 Å². The smallest absolute Gasteiger partial charge is 0.310 e. The number of rotatable bonds is 6. The van der Waals surface area contributed by atoms with Crippen molar-refractivity contribution in [3.05, 3.63) is 0 Å². The first-order valence-corrected chi connectivity index (χ1v) is 7.31. The third-order valence-corrected chi connectivity index (χ3v) is 4.01. The number of carboxylic acids is 1. The number of hydrogen-bond acceptors (Lipinski definition) is 2. The number of hydrogen-bond donors (Lipinski definition) is 1. The number of carbonyl (C=O) groups is 2. The molecule has 0 aromatic heterocycles. The van der Waals surface area contributed by atoms with Gasteiger partial charge in [-0.2, -0.15) is 0 Å². The SMILES string of the molecule is CC(C)CN(C(=O)CC1(C(=O)O)CCCC1)C(C)C. The lowest BCUT2D eigenvalue weighted by atomic mass is 9.82. The average Bonchev–Trinajstić information content (AvgIpc) is 2.74. The number of amides is 1. The first kappa shape index (κ1) is 16.0. The van der Waals surface area contributed by atoms with Gasteiger partial charge in [0, 0.05) is 19.0 Å². The summed E-state index contributed by atoms with van der Waals surface area (Å²) in [6.45, 7) is 8.83. The number of aliphatic carboxylic acids is 1. The summed E-state index contributed by atoms with van der Waals surface area (Å²) in [5, 5.41) is 9.44. The van der Waals surface area contributed by atoms with E-state index in [1.54, 1.807) is 0 Å². The van der Waals surface area contributed by atoms with E-state index in [4.69, 9.17) is 0 Å². The highest BCUT2D eigenvalue weighted by atomic mass is 16.4. The Bertz CT molecular complexity index is 330. The molecule has 1 aliphatic carbocycles. The van der Waals surface area contributed by atoms with Crippen LogP contribution in [0.25, 0.3) is 0 Å². The normalized spacial score (nSPS) is 18.0. The molecule has 1 aliphatic rings. The van der Waals surface area contributed by atoms with E-state index in [0.717, 1.165) is 12.8 Å². The third-order valence-electron chi connectivity index (χ3n) is 4.01. The van der Waals surface area contributed by atoms with E-state index < -0.39 is 11.4 Å². The quantitative estimate of drug-likeness (QED) is 0.806. The first-order chi connectivity index (χ1) is 8.78. The van der Waals surface area contributed by atoms with Crippen LogP contribution < -0.4 is 0 Å². The van der Waals surface area contributed by atoms with Gasteiger partial charge in [0.25, 0.3) is 0 Å². The topological polar surface area (TPSA) is 57.6 Å². The summed E-state index contributed by atoms with van der Waals surface area (Å²) in [5.74, 6) is -0.407. The van der Waals surface area contributed by atoms with Gasteiger partial charge in [-0.05, 0) is 32.6 Å². The van der Waals surface area contributed by atoms with Crippen LogP contribution in [0, 0.1) is 11.3 Å². The van der Waals surface area contributed by atoms with E-state index in [-0.39, 0.29) is 18.4 Å². The van der Waals surface area contributed by atoms with Crippen LogP contribution in [0.1, 0.15) is 59.8 Å². The summed E-state index contributed by atoms with van der Waals surface area (Å²) in [7, 11) is 0. The Hall–Kier alpha value is -1.06. The first-order valence-electron chi connectivity index (χ1n) is 7.31. The van der Waals surface area contributed by atoms with Gasteiger partial charge in [-0.15, -0.1) is 0 Å². The maximum Gasteiger partial charge on any atom is 0.310 e. The summed E-state index contributed by atoms with van der Waals surface area (Å²) < 4.78 is 0. The minimum absolute atomic E-state index is 0.00648. The van der Waals surface area contributed by atoms with Crippen LogP contribution in [0.3, 0.4) is 0 Å². The van der Waals surface area contributed by atoms with Crippen LogP contribution in [0.4, 0.5) is 0 Å². The van der Waals surface area contributed by atoms with Crippen molar-refractivity contribution in [2.24, 2.45) is 11.3 Å². The number of carbonyl (C=O) groups excluding carboxylic acids is 1. The molecule has 1 fully saturated rings. The molecule has 0 heterocycles. The van der Waals surface area contributed by atoms with Crippen LogP contribution in [0.2, 0.25) is 0 Å². The van der Waals surface area contributed by atoms with Crippen LogP contribution in [-0.4, -0.2) is 34.5 Å². The van der Waals surface area contributed by atoms with Gasteiger partial charge < -0.3 is 10.0 Å². The molecular weight excluding hydrogens is 242 g/mol. The zero-order valence-corrected chi connectivity index (χ0v) is 12.6. The summed E-state index contributed by atoms with van der Waals surface area (Å²) in [6.07, 6.45) is 3.29. The molecule has 1 rings (SSSR count). The van der Waals surface area contributed by atoms with Crippen molar-refractivity contribution in [2.75, 3.05) is 6.54 Å². The Morgan fingerprint density at radius 3 is 2.05 bits per heavy atom. The molecule has 0 aliphatic heterocycles. The Kier molecular flexibility index (Phi) is 5.39. The van der Waals surface area contributed by atoms with E-state index in [0.29, 0.717) is 25.3 Å². The van der Waals surface area contributed by atoms with Crippen molar-refractivity contribution in [3.8, 4) is 0 Å². The Labute approximate surface area is 116 Å². The maximum atomic E-state index is 12.4. The van der Waals surface area contributed by atoms with Crippen molar-refractivity contribution < 1.29 is 14.7 Å². The lowest BCUT2D eigenvalue weighted by molar-refractivity contribution is -0.154. The molecule has 4 nitrogen and oxygen atoms in total. The van der Waals surface area contributed by atoms with Crippen LogP contribution in [0.15, 0.2) is 0 Å². The van der Waals surface area contributed by atoms with Gasteiger partial charge in [0.2, 0.25) is 5.91 Å². The summed E-state index contributed by atoms with van der Waals surface area (Å²) >= 11 is 0. The van der Waals surface area contributed by atoms with Crippen molar-refractivity contribution >= 4 is 11.9 Å². The van der Waals surface area contributed by atoms with Gasteiger partial charge in [0.1, 0.15) is 0 Å². The van der Waals surface area contributed by atoms with E-state index in [1.807, 2.05) is 18.7 Å². The van der Waals surface area contributed by atoms with Gasteiger partial charge in [0.05, 0.1) is 5.41 Å². The molecule has 4 heteroatoms. The summed E-state index contributed by atoms with van der Waals surface area (Å²) in [4.78, 5) is 25.8. The largest absolute Gasteiger partial charge is 0.481 e. The molecule has 0 spiro atoms. The molecular formula is C15H27NO3. The second-order valence-electron chi connectivity index (χ2n) is 6.50. The molecule has 0 radical (unpaired) electrons. The third kappa shape index (κ3) is 3.95. The Balaban J connectivity index is 2.77. The average molecular weight is 269 g/mol. The number of nitrogens with zero attached hydrogens (tertiary/aromatic N) is 1. The molecule has 0 aromatic carbocycles. The van der Waals surface area contributed by atoms with E-state index in [1.165, 1.54) is 0 Å². The van der Waals surface area contributed by atoms with Gasteiger partial charge >= 0.3 is 5.97 Å². The lowest BCUT2D eigenvalue weighted by Crippen LogP contribution is -2.43. The monoisotopic (exact) mass is 269 g/mol. The predicted molar refractivity (Wildman–Crippen MR) is 74.8 cm³/mol. The van der Waals surface area contributed by atoms with Gasteiger partial charge in [0.15, 0.2) is 0 Å². The molecule has 0 atom stereocenters. The zero-order valence-electron chi connectivity index (χ0n) is 12.6. The molecule has 1 amide bonds. The molecule has 0 aromatic rings. The highest BCUT2D eigenvalue weighted by molar-refractivity contribution is 5.85. The Morgan fingerprint density at radius 2 is 1.68 bits per heavy atom. The summed E-state index contributed by atoms with van der Waals surface area (Å²) in [6, 6.07) is 0.127. The van der Waals surface area contributed by atoms with Crippen LogP contribution in [0.5, 0.6) is 0 Å². The second-order valence-corrected chi connectivity index (χ2v) is 6.50. The van der Waals surface area contributed by atoms with Crippen molar-refractivity contribution in [3.63, 3.8) is 0 Å². The molecule has 0 bridgehead atoms. The fourth-order valence-electron chi connectivity index (χ4n) is 2.90. The fourth-order valence-corrected chi connectivity index (χ4v) is 2.90. The second kappa shape index (κ2) is 6.40. The van der Waals surface area contributed by atoms with Crippen molar-refractivity contribution in [2.45, 2.75) is 65.8 Å². The Morgan fingerprint density at radius 1 is 1.16 bits per heavy atom. The van der Waals surface area contributed by atoms with E-state index >= 15 is 0 Å². The minimum Gasteiger partial charge on any atom is -0.481 e. The van der Waals surface area contributed by atoms with E-state index in [2.05, 4.69) is 13.8 Å². The van der Waals surface area contributed by atoms with Gasteiger partial charge in [-0.1, -0.05) is 26.7 Å². The van der Waals surface area contributed by atoms with Crippen molar-refractivity contribution in [1.29, 1.82) is 0 Å². The molecule has 0 unspecified atom stereocenters. The minimum atomic E-state index is -0.804. The summed E-state index contributed by atoms with van der Waals surface area (Å²) in [5.41, 5.74) is -0.804. The predicted octanol–water partition coefficient (Wildman–Crippen LogP) is 2.91. The molecule has 1 N–H and O–H groups in total. The highest BCUT2D eigenvalue weighted by Crippen LogP contribution is 2.41. The van der Waals surface area contributed by atoms with Gasteiger partial charge in [-0.25, -0.2) is 0 Å². The zero-order chi connectivity index (χ0) is 14.6. The van der Waals surface area contributed by atoms with Gasteiger partial charge in [-0.3, -0.25) is 9.59 Å². The molecule has 1 saturated carbocycles. The molecule has 0 saturated heterocycles. The van der Waals surface area contributed by atoms with Crippen molar-refractivity contribution in [1.82, 2.24) is 4.90 Å².